The van der Waals surface area contributed by atoms with E-state index >= 15 is 0 Å². The highest BCUT2D eigenvalue weighted by molar-refractivity contribution is 7.79. The van der Waals surface area contributed by atoms with Crippen LogP contribution < -0.4 is 11.9 Å². The number of hydrogen-bond acceptors (Lipinski definition) is 4. The highest BCUT2D eigenvalue weighted by Crippen LogP contribution is 1.57. The Kier molecular flexibility index (Phi) is 13.8. The second kappa shape index (κ2) is 7.79. The molecule has 0 aliphatic carbocycles. The molecule has 0 atom stereocenters. The molecule has 6 nitrogen and oxygen atoms in total. The maximum Gasteiger partial charge on any atom is 0.0711 e. The van der Waals surface area contributed by atoms with E-state index in [-0.39, 0.29) is 6.15 Å². The van der Waals surface area contributed by atoms with Gasteiger partial charge in [0.2, 0.25) is 0 Å². The summed E-state index contributed by atoms with van der Waals surface area (Å²) in [7, 11) is -5.17. The van der Waals surface area contributed by atoms with Crippen LogP contribution in [0.3, 0.4) is 0 Å². The summed E-state index contributed by atoms with van der Waals surface area (Å²) in [5.74, 6) is 0. The predicted molar refractivity (Wildman–Crippen MR) is 29.9 cm³/mol. The number of quaternary nitrogens is 2. The van der Waals surface area contributed by atoms with Crippen molar-refractivity contribution in [2.24, 2.45) is 0 Å². The first-order chi connectivity index (χ1) is 3.41. The van der Waals surface area contributed by atoms with Gasteiger partial charge >= 0.3 is 0 Å². The summed E-state index contributed by atoms with van der Waals surface area (Å²) in [5.41, 5.74) is 3.49. The zero-order valence-corrected chi connectivity index (χ0v) is 6.27. The van der Waals surface area contributed by atoms with Crippen molar-refractivity contribution in [1.82, 2.24) is 6.15 Å². The largest absolute Gasteiger partial charge is 0.759 e. The number of hydrogen-bond donors (Lipinski definition) is 2. The molecule has 9 heavy (non-hydrogen) atoms. The van der Waals surface area contributed by atoms with Gasteiger partial charge in [-0.1, -0.05) is 0 Å². The number of rotatable bonds is 0. The molecule has 7 heteroatoms. The van der Waals surface area contributed by atoms with E-state index < -0.39 is 10.4 Å². The summed E-state index contributed by atoms with van der Waals surface area (Å²) in [5, 5.41) is 0. The molecule has 60 valence electrons. The van der Waals surface area contributed by atoms with Gasteiger partial charge in [0.1, 0.15) is 0 Å². The fourth-order valence-electron chi connectivity index (χ4n) is 0. The molecular formula is C2H12N2O4S. The van der Waals surface area contributed by atoms with Crippen molar-refractivity contribution < 1.29 is 23.3 Å². The molecule has 0 fully saturated rings. The third-order valence-corrected chi connectivity index (χ3v) is 0. The lowest BCUT2D eigenvalue weighted by Gasteiger charge is -2.06. The Morgan fingerprint density at radius 1 is 1.44 bits per heavy atom. The van der Waals surface area contributed by atoms with Gasteiger partial charge in [0, 0.05) is 10.4 Å². The monoisotopic (exact) mass is 160 g/mol. The van der Waals surface area contributed by atoms with Crippen molar-refractivity contribution in [1.29, 1.82) is 0 Å². The zero-order chi connectivity index (χ0) is 7.21. The van der Waals surface area contributed by atoms with E-state index in [4.69, 9.17) is 17.5 Å². The standard InChI is InChI=1S/C2H7N.H3N.H2O4S/c1-2-3;;1-5(2,3)4/h2-3H2,1H3;1H3;(H2,1,2,3,4). The molecule has 0 aromatic carbocycles. The summed E-state index contributed by atoms with van der Waals surface area (Å²) < 4.78 is 34.1. The van der Waals surface area contributed by atoms with Crippen LogP contribution in [0.1, 0.15) is 6.92 Å². The average molecular weight is 160 g/mol. The van der Waals surface area contributed by atoms with Gasteiger partial charge in [0.25, 0.3) is 0 Å². The minimum absolute atomic E-state index is 0. The van der Waals surface area contributed by atoms with Gasteiger partial charge in [-0.3, -0.25) is 8.42 Å². The zero-order valence-electron chi connectivity index (χ0n) is 5.46. The molecule has 0 aromatic rings. The van der Waals surface area contributed by atoms with Crippen molar-refractivity contribution in [3.63, 3.8) is 0 Å². The first-order valence-corrected chi connectivity index (χ1v) is 3.21. The van der Waals surface area contributed by atoms with E-state index in [2.05, 4.69) is 5.73 Å². The molecule has 0 saturated carbocycles. The van der Waals surface area contributed by atoms with Gasteiger partial charge in [-0.15, -0.1) is 0 Å². The Balaban J connectivity index is -0.0000000800. The molecule has 0 rings (SSSR count). The smallest absolute Gasteiger partial charge is 0.0711 e. The van der Waals surface area contributed by atoms with E-state index in [0.717, 1.165) is 6.54 Å². The molecule has 0 radical (unpaired) electrons. The normalized spacial score (nSPS) is 8.44. The van der Waals surface area contributed by atoms with Crippen molar-refractivity contribution in [3.8, 4) is 0 Å². The van der Waals surface area contributed by atoms with E-state index in [0.29, 0.717) is 0 Å². The molecule has 0 aromatic heterocycles. The minimum Gasteiger partial charge on any atom is -0.759 e. The summed E-state index contributed by atoms with van der Waals surface area (Å²) in [6, 6.07) is 0. The Bertz CT molecular complexity index is 111. The lowest BCUT2D eigenvalue weighted by Crippen LogP contribution is -2.48. The SMILES string of the molecule is CC[NH3+].O=S(=O)([O-])[O-].[NH4+]. The van der Waals surface area contributed by atoms with Gasteiger partial charge in [-0.2, -0.15) is 0 Å². The summed E-state index contributed by atoms with van der Waals surface area (Å²) in [6.45, 7) is 3.01. The fourth-order valence-corrected chi connectivity index (χ4v) is 0. The molecule has 0 amide bonds. The predicted octanol–water partition coefficient (Wildman–Crippen LogP) is -1.71. The lowest BCUT2D eigenvalue weighted by molar-refractivity contribution is -0.361. The first kappa shape index (κ1) is 15.9. The average Bonchev–Trinajstić information content (AvgIpc) is 1.27. The Hall–Kier alpha value is -0.210. The second-order valence-electron chi connectivity index (χ2n) is 0.908. The summed E-state index contributed by atoms with van der Waals surface area (Å²) in [6.07, 6.45) is 0. The molecule has 7 N–H and O–H groups in total. The molecule has 0 spiro atoms. The summed E-state index contributed by atoms with van der Waals surface area (Å²) >= 11 is 0. The first-order valence-electron chi connectivity index (χ1n) is 1.87. The van der Waals surface area contributed by atoms with Crippen LogP contribution in [-0.4, -0.2) is 24.1 Å². The molecule has 0 saturated heterocycles. The Morgan fingerprint density at radius 3 is 1.44 bits per heavy atom. The molecule has 0 heterocycles. The van der Waals surface area contributed by atoms with Crippen LogP contribution in [0.15, 0.2) is 0 Å². The maximum absolute atomic E-state index is 8.52. The van der Waals surface area contributed by atoms with Gasteiger partial charge in [-0.25, -0.2) is 0 Å². The molecule has 0 unspecified atom stereocenters. The van der Waals surface area contributed by atoms with Gasteiger partial charge < -0.3 is 21.0 Å². The Morgan fingerprint density at radius 2 is 1.44 bits per heavy atom. The van der Waals surface area contributed by atoms with Crippen LogP contribution in [0, 0.1) is 0 Å². The fraction of sp³-hybridized carbons (Fsp3) is 1.00. The van der Waals surface area contributed by atoms with Crippen LogP contribution in [0.25, 0.3) is 0 Å². The van der Waals surface area contributed by atoms with Gasteiger partial charge in [0.05, 0.1) is 6.54 Å². The van der Waals surface area contributed by atoms with Crippen molar-refractivity contribution in [3.05, 3.63) is 0 Å². The van der Waals surface area contributed by atoms with E-state index in [1.165, 1.54) is 0 Å². The van der Waals surface area contributed by atoms with Crippen LogP contribution in [0.2, 0.25) is 0 Å². The Labute approximate surface area is 54.2 Å². The van der Waals surface area contributed by atoms with E-state index in [9.17, 15) is 0 Å². The van der Waals surface area contributed by atoms with E-state index in [1.54, 1.807) is 0 Å². The van der Waals surface area contributed by atoms with Crippen molar-refractivity contribution in [2.45, 2.75) is 6.92 Å². The van der Waals surface area contributed by atoms with Crippen molar-refractivity contribution >= 4 is 10.4 Å². The van der Waals surface area contributed by atoms with Gasteiger partial charge in [0.15, 0.2) is 0 Å². The van der Waals surface area contributed by atoms with Crippen LogP contribution >= 0.6 is 0 Å². The lowest BCUT2D eigenvalue weighted by atomic mass is 10.8. The maximum atomic E-state index is 8.52. The highest BCUT2D eigenvalue weighted by atomic mass is 32.3. The quantitative estimate of drug-likeness (QED) is 0.321. The second-order valence-corrected chi connectivity index (χ2v) is 1.72. The van der Waals surface area contributed by atoms with Crippen molar-refractivity contribution in [2.75, 3.05) is 6.54 Å². The third kappa shape index (κ3) is 5920. The molecule has 0 bridgehead atoms. The minimum atomic E-state index is -5.17. The third-order valence-electron chi connectivity index (χ3n) is 0. The topological polar surface area (TPSA) is 144 Å². The van der Waals surface area contributed by atoms with E-state index in [1.807, 2.05) is 6.92 Å². The van der Waals surface area contributed by atoms with Crippen LogP contribution in [0.4, 0.5) is 0 Å². The van der Waals surface area contributed by atoms with Gasteiger partial charge in [-0.05, 0) is 6.92 Å². The van der Waals surface area contributed by atoms with Crippen LogP contribution in [-0.2, 0) is 10.4 Å². The molecule has 0 aliphatic heterocycles. The summed E-state index contributed by atoms with van der Waals surface area (Å²) in [4.78, 5) is 0. The van der Waals surface area contributed by atoms with Crippen LogP contribution in [0.5, 0.6) is 0 Å². The molecule has 0 aliphatic rings. The highest BCUT2D eigenvalue weighted by Gasteiger charge is 1.49. The molecular weight excluding hydrogens is 148 g/mol.